The molecule has 2 aromatic rings. The molecule has 0 N–H and O–H groups in total. The van der Waals surface area contributed by atoms with Crippen LogP contribution in [0.15, 0.2) is 47.4 Å². The molecular weight excluding hydrogens is 409 g/mol. The molecule has 29 heavy (non-hydrogen) atoms. The Bertz CT molecular complexity index is 928. The molecule has 0 unspecified atom stereocenters. The summed E-state index contributed by atoms with van der Waals surface area (Å²) < 4.78 is 25.2. The van der Waals surface area contributed by atoms with E-state index in [4.69, 9.17) is 21.7 Å². The second-order valence-corrected chi connectivity index (χ2v) is 8.06. The molecule has 0 saturated carbocycles. The first-order chi connectivity index (χ1) is 14.0. The summed E-state index contributed by atoms with van der Waals surface area (Å²) in [6.07, 6.45) is 2.68. The minimum atomic E-state index is -0.280. The van der Waals surface area contributed by atoms with Gasteiger partial charge in [0.25, 0.3) is 5.91 Å². The Morgan fingerprint density at radius 1 is 1.10 bits per heavy atom. The van der Waals surface area contributed by atoms with Crippen LogP contribution in [0.4, 0.5) is 4.39 Å². The van der Waals surface area contributed by atoms with Crippen molar-refractivity contribution < 1.29 is 18.7 Å². The number of carbonyl (C=O) groups excluding carboxylic acids is 1. The van der Waals surface area contributed by atoms with Crippen molar-refractivity contribution in [2.24, 2.45) is 0 Å². The predicted octanol–water partition coefficient (Wildman–Crippen LogP) is 5.41. The zero-order chi connectivity index (χ0) is 20.8. The van der Waals surface area contributed by atoms with Crippen LogP contribution in [0.5, 0.6) is 11.5 Å². The van der Waals surface area contributed by atoms with Crippen LogP contribution in [-0.4, -0.2) is 28.3 Å². The van der Waals surface area contributed by atoms with Gasteiger partial charge in [0.2, 0.25) is 0 Å². The minimum Gasteiger partial charge on any atom is -0.490 e. The molecule has 0 radical (unpaired) electrons. The molecular formula is C22H22FNO3S2. The molecule has 3 rings (SSSR count). The van der Waals surface area contributed by atoms with Crippen molar-refractivity contribution in [2.75, 3.05) is 13.2 Å². The molecule has 0 atom stereocenters. The Morgan fingerprint density at radius 3 is 2.55 bits per heavy atom. The number of benzene rings is 2. The molecule has 1 fully saturated rings. The van der Waals surface area contributed by atoms with Crippen LogP contribution in [0.25, 0.3) is 6.08 Å². The SMILES string of the molecule is CCCN1C(=O)/C(=C\c2ccc(OCc3ccc(F)cc3)c(OCC)c2)SC1=S. The lowest BCUT2D eigenvalue weighted by Gasteiger charge is -2.13. The number of nitrogens with zero attached hydrogens (tertiary/aromatic N) is 1. The lowest BCUT2D eigenvalue weighted by molar-refractivity contribution is -0.122. The van der Waals surface area contributed by atoms with Gasteiger partial charge in [-0.1, -0.05) is 49.1 Å². The first-order valence-electron chi connectivity index (χ1n) is 9.41. The molecule has 0 bridgehead atoms. The summed E-state index contributed by atoms with van der Waals surface area (Å²) in [5.74, 6) is 0.841. The third kappa shape index (κ3) is 5.36. The van der Waals surface area contributed by atoms with Gasteiger partial charge in [0.15, 0.2) is 11.5 Å². The number of ether oxygens (including phenoxy) is 2. The summed E-state index contributed by atoms with van der Waals surface area (Å²) in [4.78, 5) is 14.8. The van der Waals surface area contributed by atoms with E-state index in [9.17, 15) is 9.18 Å². The molecule has 0 spiro atoms. The molecule has 4 nitrogen and oxygen atoms in total. The lowest BCUT2D eigenvalue weighted by Crippen LogP contribution is -2.28. The van der Waals surface area contributed by atoms with Crippen molar-refractivity contribution >= 4 is 40.3 Å². The molecule has 0 aromatic heterocycles. The maximum atomic E-state index is 13.0. The van der Waals surface area contributed by atoms with Crippen LogP contribution < -0.4 is 9.47 Å². The number of hydrogen-bond donors (Lipinski definition) is 0. The van der Waals surface area contributed by atoms with Crippen LogP contribution in [0.1, 0.15) is 31.4 Å². The third-order valence-electron chi connectivity index (χ3n) is 4.19. The minimum absolute atomic E-state index is 0.0588. The van der Waals surface area contributed by atoms with Crippen LogP contribution in [-0.2, 0) is 11.4 Å². The molecule has 0 aliphatic carbocycles. The molecule has 152 valence electrons. The highest BCUT2D eigenvalue weighted by atomic mass is 32.2. The lowest BCUT2D eigenvalue weighted by atomic mass is 10.1. The van der Waals surface area contributed by atoms with Gasteiger partial charge in [0, 0.05) is 6.54 Å². The fourth-order valence-electron chi connectivity index (χ4n) is 2.81. The van der Waals surface area contributed by atoms with E-state index in [0.717, 1.165) is 17.5 Å². The largest absolute Gasteiger partial charge is 0.490 e. The van der Waals surface area contributed by atoms with Gasteiger partial charge in [-0.2, -0.15) is 0 Å². The molecule has 7 heteroatoms. The summed E-state index contributed by atoms with van der Waals surface area (Å²) >= 11 is 6.63. The van der Waals surface area contributed by atoms with Crippen molar-refractivity contribution in [2.45, 2.75) is 26.9 Å². The Balaban J connectivity index is 1.77. The van der Waals surface area contributed by atoms with Crippen molar-refractivity contribution in [3.05, 3.63) is 64.3 Å². The molecule has 1 saturated heterocycles. The van der Waals surface area contributed by atoms with Gasteiger partial charge < -0.3 is 9.47 Å². The first-order valence-corrected chi connectivity index (χ1v) is 10.6. The number of amides is 1. The molecule has 1 aliphatic rings. The number of carbonyl (C=O) groups is 1. The van der Waals surface area contributed by atoms with Crippen LogP contribution in [0, 0.1) is 5.82 Å². The van der Waals surface area contributed by atoms with E-state index in [1.807, 2.05) is 38.1 Å². The quantitative estimate of drug-likeness (QED) is 0.413. The summed E-state index contributed by atoms with van der Waals surface area (Å²) in [6.45, 7) is 5.32. The highest BCUT2D eigenvalue weighted by Crippen LogP contribution is 2.35. The Labute approximate surface area is 179 Å². The smallest absolute Gasteiger partial charge is 0.266 e. The van der Waals surface area contributed by atoms with Gasteiger partial charge in [-0.05, 0) is 54.8 Å². The molecule has 2 aromatic carbocycles. The molecule has 1 aliphatic heterocycles. The zero-order valence-corrected chi connectivity index (χ0v) is 17.9. The monoisotopic (exact) mass is 431 g/mol. The molecule has 1 amide bonds. The van der Waals surface area contributed by atoms with Gasteiger partial charge in [0.1, 0.15) is 16.7 Å². The van der Waals surface area contributed by atoms with Gasteiger partial charge in [0.05, 0.1) is 11.5 Å². The number of halogens is 1. The van der Waals surface area contributed by atoms with Gasteiger partial charge in [-0.3, -0.25) is 9.69 Å². The van der Waals surface area contributed by atoms with Crippen molar-refractivity contribution in [3.63, 3.8) is 0 Å². The predicted molar refractivity (Wildman–Crippen MR) is 119 cm³/mol. The van der Waals surface area contributed by atoms with Crippen molar-refractivity contribution in [1.29, 1.82) is 0 Å². The summed E-state index contributed by atoms with van der Waals surface area (Å²) in [5, 5.41) is 0. The average molecular weight is 432 g/mol. The second-order valence-electron chi connectivity index (χ2n) is 6.39. The van der Waals surface area contributed by atoms with E-state index in [1.165, 1.54) is 23.9 Å². The fourth-order valence-corrected chi connectivity index (χ4v) is 4.12. The Kier molecular flexibility index (Phi) is 7.28. The summed E-state index contributed by atoms with van der Waals surface area (Å²) in [6, 6.07) is 11.7. The topological polar surface area (TPSA) is 38.8 Å². The maximum Gasteiger partial charge on any atom is 0.266 e. The number of hydrogen-bond acceptors (Lipinski definition) is 5. The van der Waals surface area contributed by atoms with Gasteiger partial charge >= 0.3 is 0 Å². The molecule has 1 heterocycles. The number of rotatable bonds is 8. The summed E-state index contributed by atoms with van der Waals surface area (Å²) in [7, 11) is 0. The summed E-state index contributed by atoms with van der Waals surface area (Å²) in [5.41, 5.74) is 1.69. The number of thiocarbonyl (C=S) groups is 1. The second kappa shape index (κ2) is 9.89. The van der Waals surface area contributed by atoms with Crippen LogP contribution >= 0.6 is 24.0 Å². The van der Waals surface area contributed by atoms with Crippen molar-refractivity contribution in [3.8, 4) is 11.5 Å². The van der Waals surface area contributed by atoms with Crippen LogP contribution in [0.3, 0.4) is 0 Å². The zero-order valence-electron chi connectivity index (χ0n) is 16.3. The number of thioether (sulfide) groups is 1. The van der Waals surface area contributed by atoms with E-state index in [-0.39, 0.29) is 11.7 Å². The van der Waals surface area contributed by atoms with Gasteiger partial charge in [-0.15, -0.1) is 0 Å². The van der Waals surface area contributed by atoms with E-state index >= 15 is 0 Å². The van der Waals surface area contributed by atoms with E-state index in [2.05, 4.69) is 0 Å². The normalized spacial score (nSPS) is 15.3. The average Bonchev–Trinajstić information content (AvgIpc) is 2.97. The first kappa shape index (κ1) is 21.3. The van der Waals surface area contributed by atoms with E-state index < -0.39 is 0 Å². The fraction of sp³-hybridized carbons (Fsp3) is 0.273. The highest BCUT2D eigenvalue weighted by molar-refractivity contribution is 8.26. The maximum absolute atomic E-state index is 13.0. The van der Waals surface area contributed by atoms with E-state index in [0.29, 0.717) is 40.5 Å². The van der Waals surface area contributed by atoms with E-state index in [1.54, 1.807) is 17.0 Å². The van der Waals surface area contributed by atoms with Crippen LogP contribution in [0.2, 0.25) is 0 Å². The standard InChI is InChI=1S/C22H22FNO3S2/c1-3-11-24-21(25)20(29-22(24)28)13-16-7-10-18(19(12-16)26-4-2)27-14-15-5-8-17(23)9-6-15/h5-10,12-13H,3-4,11,14H2,1-2H3/b20-13+. The Hall–Kier alpha value is -2.38. The van der Waals surface area contributed by atoms with Gasteiger partial charge in [-0.25, -0.2) is 4.39 Å². The third-order valence-corrected chi connectivity index (χ3v) is 5.57. The van der Waals surface area contributed by atoms with Crippen molar-refractivity contribution in [1.82, 2.24) is 4.90 Å². The Morgan fingerprint density at radius 2 is 1.86 bits per heavy atom. The highest BCUT2D eigenvalue weighted by Gasteiger charge is 2.31.